The number of methoxy groups -OCH3 is 6. The summed E-state index contributed by atoms with van der Waals surface area (Å²) >= 11 is 0. The number of fused-ring (bicyclic) bond motifs is 14. The molecule has 0 unspecified atom stereocenters. The molecule has 2 N–H and O–H groups in total. The van der Waals surface area contributed by atoms with Gasteiger partial charge in [0.25, 0.3) is 0 Å². The Labute approximate surface area is 666 Å². The summed E-state index contributed by atoms with van der Waals surface area (Å²) in [6.07, 6.45) is 0.964. The highest BCUT2D eigenvalue weighted by atomic mass is 16.7. The van der Waals surface area contributed by atoms with Crippen LogP contribution in [0.1, 0.15) is 162 Å². The number of nitrogens with one attached hydrogen (secondary N) is 1. The van der Waals surface area contributed by atoms with E-state index in [4.69, 9.17) is 75.8 Å². The van der Waals surface area contributed by atoms with Crippen LogP contribution in [0.3, 0.4) is 0 Å². The molecule has 115 heavy (non-hydrogen) atoms. The molecule has 10 atom stereocenters. The van der Waals surface area contributed by atoms with Crippen LogP contribution in [-0.4, -0.2) is 130 Å². The third-order valence-corrected chi connectivity index (χ3v) is 24.3. The Kier molecular flexibility index (Phi) is 21.6. The van der Waals surface area contributed by atoms with E-state index in [-0.39, 0.29) is 92.7 Å². The third kappa shape index (κ3) is 13.9. The number of amides is 1. The van der Waals surface area contributed by atoms with Crippen molar-refractivity contribution in [3.63, 3.8) is 0 Å². The molecule has 8 aromatic carbocycles. The molecule has 7 heterocycles. The lowest BCUT2D eigenvalue weighted by Gasteiger charge is -2.38. The van der Waals surface area contributed by atoms with Crippen LogP contribution in [0.15, 0.2) is 89.7 Å². The van der Waals surface area contributed by atoms with Gasteiger partial charge in [-0.05, 0) is 236 Å². The van der Waals surface area contributed by atoms with Crippen molar-refractivity contribution in [2.45, 2.75) is 124 Å². The zero-order valence-electron chi connectivity index (χ0n) is 67.3. The molecule has 602 valence electrons. The molecule has 0 saturated carbocycles. The van der Waals surface area contributed by atoms with Gasteiger partial charge in [-0.2, -0.15) is 0 Å². The number of cyclic esters (lactones) is 3. The average molecular weight is 1570 g/mol. The molecule has 2 saturated heterocycles. The Hall–Kier alpha value is -11.7. The number of rotatable bonds is 10. The lowest BCUT2D eigenvalue weighted by Crippen LogP contribution is -2.36. The fraction of sp³-hybridized carbons (Fsp3) is 0.400. The van der Waals surface area contributed by atoms with Gasteiger partial charge in [-0.1, -0.05) is 30.3 Å². The Balaban J connectivity index is 0.000000121. The number of aliphatic hydroxyl groups is 1. The third-order valence-electron chi connectivity index (χ3n) is 24.3. The lowest BCUT2D eigenvalue weighted by atomic mass is 9.66. The van der Waals surface area contributed by atoms with Gasteiger partial charge in [-0.3, -0.25) is 28.9 Å². The van der Waals surface area contributed by atoms with E-state index in [1.807, 2.05) is 114 Å². The van der Waals surface area contributed by atoms with Crippen molar-refractivity contribution in [3.05, 3.63) is 195 Å². The van der Waals surface area contributed by atoms with Crippen LogP contribution in [-0.2, 0) is 57.4 Å². The molecule has 2 fully saturated rings. The number of hydrogen-bond donors (Lipinski definition) is 2. The highest BCUT2D eigenvalue weighted by Crippen LogP contribution is 2.59. The first kappa shape index (κ1) is 78.6. The van der Waals surface area contributed by atoms with Crippen molar-refractivity contribution in [1.29, 1.82) is 0 Å². The summed E-state index contributed by atoms with van der Waals surface area (Å²) in [5.41, 5.74) is 20.7. The van der Waals surface area contributed by atoms with E-state index in [1.165, 1.54) is 19.4 Å². The maximum atomic E-state index is 12.8. The summed E-state index contributed by atoms with van der Waals surface area (Å²) in [4.78, 5) is 76.7. The second-order valence-electron chi connectivity index (χ2n) is 30.6. The van der Waals surface area contributed by atoms with Gasteiger partial charge < -0.3 is 86.2 Å². The first-order chi connectivity index (χ1) is 55.3. The van der Waals surface area contributed by atoms with Crippen molar-refractivity contribution >= 4 is 29.8 Å². The van der Waals surface area contributed by atoms with Gasteiger partial charge in [0.15, 0.2) is 51.4 Å². The van der Waals surface area contributed by atoms with Gasteiger partial charge in [0.1, 0.15) is 35.0 Å². The number of hydrogen-bond acceptors (Lipinski definition) is 24. The number of nitrogens with zero attached hydrogens (tertiary/aromatic N) is 1. The number of carbonyl (C=O) groups excluding carboxylic acids is 5. The average Bonchev–Trinajstić information content (AvgIpc) is 1.64. The molecular weight excluding hydrogens is 1480 g/mol. The first-order valence-electron chi connectivity index (χ1n) is 38.4. The van der Waals surface area contributed by atoms with E-state index in [0.717, 1.165) is 143 Å². The fourth-order valence-electron chi connectivity index (χ4n) is 18.5. The number of carbonyl (C=O) groups is 5. The van der Waals surface area contributed by atoms with E-state index in [0.29, 0.717) is 75.0 Å². The van der Waals surface area contributed by atoms with E-state index in [2.05, 4.69) is 30.1 Å². The zero-order valence-corrected chi connectivity index (χ0v) is 67.3. The Bertz CT molecular complexity index is 5380. The number of benzene rings is 7. The van der Waals surface area contributed by atoms with Gasteiger partial charge in [-0.25, -0.2) is 4.79 Å². The standard InChI is InChI=1S/C24H24O7.C22H23NO6.C22H25NO3.C22H22O7/c1-11-12(2)22-14(6-19(11)27-4)5-17-18(9-28-24(17)26)23(31-13(3)25)16-8-21-20(7-15(16)22)29-10-30-21;1-11-5-6-13-16(18(11)25-3)22(24)29-19(13)17-15-12(7-8-23(17)2)9-14-20(21(15)26-4)28-10-27-14;1-12-6-8-17-18(11-20(12)25)19(23-15(4)24)9-7-16-10-21(26-5)13(2)14(3)22(16)17;1-10-4-11(5-17(25-2)21(10)26-3)18-12-6-15-16(29-9-28-15)7-13(12)20(23)14-8-27-22(24)19(14)18/h6-8,17-18,23H,5,9-10H2,1-4H3;5-6,9,17,19H,7-8,10H2,1-4H3;6,8,10-11,19H,7,9H2,1-5H3,(H,23,24);4-7,14,18-20,23H,8-9H2,1-3H3/t17-,18+,23+;17-,19+;19-;14-,18+,19-,20-/m1110/s1. The van der Waals surface area contributed by atoms with Gasteiger partial charge in [0.05, 0.1) is 85.9 Å². The van der Waals surface area contributed by atoms with E-state index >= 15 is 0 Å². The predicted octanol–water partition coefficient (Wildman–Crippen LogP) is 13.3. The normalized spacial score (nSPS) is 22.0. The Morgan fingerprint density at radius 2 is 1.11 bits per heavy atom. The smallest absolute Gasteiger partial charge is 0.343 e. The molecule has 8 aromatic rings. The second kappa shape index (κ2) is 31.6. The monoisotopic (exact) mass is 1570 g/mol. The molecular formula is C90H94N2O23. The van der Waals surface area contributed by atoms with Crippen molar-refractivity contribution in [2.24, 2.45) is 23.7 Å². The number of aryl methyl sites for hydroxylation is 4. The quantitative estimate of drug-likeness (QED) is 0.0950. The van der Waals surface area contributed by atoms with E-state index in [9.17, 15) is 33.9 Å². The Morgan fingerprint density at radius 3 is 1.77 bits per heavy atom. The summed E-state index contributed by atoms with van der Waals surface area (Å²) in [6, 6.07) is 26.7. The highest BCUT2D eigenvalue weighted by Gasteiger charge is 2.53. The minimum Gasteiger partial charge on any atom is -0.496 e. The van der Waals surface area contributed by atoms with Crippen LogP contribution in [0.2, 0.25) is 0 Å². The maximum absolute atomic E-state index is 12.8. The summed E-state index contributed by atoms with van der Waals surface area (Å²) in [5, 5.41) is 14.0. The summed E-state index contributed by atoms with van der Waals surface area (Å²) in [5.74, 6) is 4.65. The van der Waals surface area contributed by atoms with Gasteiger partial charge in [-0.15, -0.1) is 0 Å². The minimum atomic E-state index is -0.812. The predicted molar refractivity (Wildman–Crippen MR) is 420 cm³/mol. The molecule has 0 spiro atoms. The van der Waals surface area contributed by atoms with Crippen molar-refractivity contribution in [2.75, 3.05) is 89.8 Å². The molecule has 25 heteroatoms. The molecule has 1 amide bonds. The minimum absolute atomic E-state index is 0.00654. The van der Waals surface area contributed by atoms with E-state index in [1.54, 1.807) is 48.7 Å². The Morgan fingerprint density at radius 1 is 0.513 bits per heavy atom. The van der Waals surface area contributed by atoms with Crippen molar-refractivity contribution in [3.8, 4) is 91.2 Å². The first-order valence-corrected chi connectivity index (χ1v) is 38.4. The van der Waals surface area contributed by atoms with Gasteiger partial charge in [0, 0.05) is 54.8 Å². The molecule has 0 bridgehead atoms. The SMILES string of the molecule is COc1c(C)ccc2c1C(=O)O[C@@H]2[C@H]1c2c(cc3c(c2OC)OCO3)CCN1C.COc1cc([C@@H]2c3cc4c(cc3[C@H](O)[C@H]3COC(=O)[C@H]23)OCO4)cc(C)c1OC.COc1cc2c(c(C)c1C)-c1cc3c(cc1[C@H](OC(C)=O)[C@H]1COC(=O)[C@@H]1C2)OCO3.COc1cc2c(c(C)c1C)-c1ccc(C)c(=O)cc1[C@H](NC(C)=O)CC2. The number of esters is 4. The molecule has 7 aliphatic heterocycles. The van der Waals surface area contributed by atoms with Gasteiger partial charge in [0.2, 0.25) is 32.0 Å². The highest BCUT2D eigenvalue weighted by molar-refractivity contribution is 5.98. The van der Waals surface area contributed by atoms with E-state index < -0.39 is 36.1 Å². The largest absolute Gasteiger partial charge is 0.496 e. The maximum Gasteiger partial charge on any atom is 0.343 e. The van der Waals surface area contributed by atoms with Crippen molar-refractivity contribution in [1.82, 2.24) is 10.2 Å². The van der Waals surface area contributed by atoms with Crippen LogP contribution >= 0.6 is 0 Å². The lowest BCUT2D eigenvalue weighted by molar-refractivity contribution is -0.151. The molecule has 10 aliphatic rings. The summed E-state index contributed by atoms with van der Waals surface area (Å²) in [6.45, 7) is 18.5. The number of likely N-dealkylation sites (N-methyl/N-ethyl adjacent to an activating group) is 1. The molecule has 0 radical (unpaired) electrons. The summed E-state index contributed by atoms with van der Waals surface area (Å²) < 4.78 is 89.6. The van der Waals surface area contributed by atoms with Crippen molar-refractivity contribution < 1.29 is 105 Å². The number of aliphatic hydroxyl groups excluding tert-OH is 1. The van der Waals surface area contributed by atoms with Gasteiger partial charge >= 0.3 is 23.9 Å². The molecule has 18 rings (SSSR count). The molecule has 25 nitrogen and oxygen atoms in total. The molecule has 3 aliphatic carbocycles. The van der Waals surface area contributed by atoms with Crippen LogP contribution < -0.4 is 67.6 Å². The second-order valence-corrected chi connectivity index (χ2v) is 30.6. The van der Waals surface area contributed by atoms with Crippen LogP contribution in [0.4, 0.5) is 0 Å². The number of ether oxygens (including phenoxy) is 16. The van der Waals surface area contributed by atoms with Crippen LogP contribution in [0.25, 0.3) is 22.3 Å². The fourth-order valence-corrected chi connectivity index (χ4v) is 18.5. The summed E-state index contributed by atoms with van der Waals surface area (Å²) in [7, 11) is 11.8. The zero-order chi connectivity index (χ0) is 81.4. The topological polar surface area (TPSA) is 286 Å². The van der Waals surface area contributed by atoms with Crippen LogP contribution in [0, 0.1) is 72.1 Å². The molecule has 0 aromatic heterocycles. The van der Waals surface area contributed by atoms with Crippen LogP contribution in [0.5, 0.6) is 69.0 Å².